The summed E-state index contributed by atoms with van der Waals surface area (Å²) in [6.45, 7) is 5.89. The smallest absolute Gasteiger partial charge is 0.259 e. The summed E-state index contributed by atoms with van der Waals surface area (Å²) in [5.74, 6) is -0.118. The lowest BCUT2D eigenvalue weighted by atomic mass is 10.1. The number of carbonyl (C=O) groups is 1. The predicted molar refractivity (Wildman–Crippen MR) is 109 cm³/mol. The lowest BCUT2D eigenvalue weighted by Crippen LogP contribution is -2.26. The lowest BCUT2D eigenvalue weighted by Gasteiger charge is -2.18. The average Bonchev–Trinajstić information content (AvgIpc) is 3.26. The van der Waals surface area contributed by atoms with Gasteiger partial charge in [0.1, 0.15) is 0 Å². The highest BCUT2D eigenvalue weighted by molar-refractivity contribution is 7.15. The molecule has 0 atom stereocenters. The summed E-state index contributed by atoms with van der Waals surface area (Å²) < 4.78 is 5.38. The van der Waals surface area contributed by atoms with Gasteiger partial charge in [0, 0.05) is 17.6 Å². The van der Waals surface area contributed by atoms with Crippen LogP contribution in [0.1, 0.15) is 26.5 Å². The Labute approximate surface area is 161 Å². The maximum atomic E-state index is 13.3. The summed E-state index contributed by atoms with van der Waals surface area (Å²) in [5.41, 5.74) is 4.29. The molecule has 0 N–H and O–H groups in total. The summed E-state index contributed by atoms with van der Waals surface area (Å²) in [4.78, 5) is 21.7. The second-order valence-electron chi connectivity index (χ2n) is 6.61. The number of nitrogens with zero attached hydrogens (tertiary/aromatic N) is 3. The van der Waals surface area contributed by atoms with E-state index in [9.17, 15) is 4.79 Å². The molecular formula is C21H19N3O2S. The van der Waals surface area contributed by atoms with Crippen molar-refractivity contribution >= 4 is 34.0 Å². The van der Waals surface area contributed by atoms with E-state index in [1.54, 1.807) is 23.3 Å². The van der Waals surface area contributed by atoms with Gasteiger partial charge < -0.3 is 9.42 Å². The van der Waals surface area contributed by atoms with Crippen molar-refractivity contribution in [1.82, 2.24) is 10.1 Å². The largest absolute Gasteiger partial charge is 0.335 e. The van der Waals surface area contributed by atoms with Gasteiger partial charge in [-0.1, -0.05) is 22.9 Å². The molecule has 0 radical (unpaired) electrons. The molecule has 3 aromatic heterocycles. The van der Waals surface area contributed by atoms with Gasteiger partial charge in [0.15, 0.2) is 0 Å². The minimum absolute atomic E-state index is 0.118. The van der Waals surface area contributed by atoms with Gasteiger partial charge in [0.05, 0.1) is 27.2 Å². The molecule has 0 aliphatic rings. The van der Waals surface area contributed by atoms with E-state index in [0.717, 1.165) is 21.8 Å². The number of aromatic nitrogens is 2. The van der Waals surface area contributed by atoms with Crippen molar-refractivity contribution in [3.05, 3.63) is 64.2 Å². The molecule has 4 aromatic rings. The van der Waals surface area contributed by atoms with Gasteiger partial charge in [-0.25, -0.2) is 4.98 Å². The summed E-state index contributed by atoms with van der Waals surface area (Å²) >= 11 is 1.63. The first-order valence-electron chi connectivity index (χ1n) is 8.62. The molecule has 1 aromatic carbocycles. The Kier molecular flexibility index (Phi) is 4.28. The molecule has 5 nitrogen and oxygen atoms in total. The minimum atomic E-state index is -0.118. The van der Waals surface area contributed by atoms with Crippen LogP contribution in [0.25, 0.3) is 21.7 Å². The molecule has 1 amide bonds. The van der Waals surface area contributed by atoms with E-state index in [2.05, 4.69) is 10.1 Å². The molecule has 0 unspecified atom stereocenters. The topological polar surface area (TPSA) is 59.2 Å². The van der Waals surface area contributed by atoms with Crippen molar-refractivity contribution in [3.63, 3.8) is 0 Å². The Hall–Kier alpha value is -2.99. The van der Waals surface area contributed by atoms with Gasteiger partial charge in [-0.05, 0) is 51.1 Å². The second kappa shape index (κ2) is 6.63. The van der Waals surface area contributed by atoms with E-state index in [4.69, 9.17) is 4.52 Å². The third-order valence-electron chi connectivity index (χ3n) is 4.57. The van der Waals surface area contributed by atoms with Crippen LogP contribution in [0, 0.1) is 20.8 Å². The number of thiophene rings is 1. The van der Waals surface area contributed by atoms with Gasteiger partial charge in [0.25, 0.3) is 11.6 Å². The van der Waals surface area contributed by atoms with Gasteiger partial charge in [0.2, 0.25) is 0 Å². The Morgan fingerprint density at radius 3 is 2.48 bits per heavy atom. The number of rotatable bonds is 3. The zero-order valence-electron chi connectivity index (χ0n) is 15.6. The SMILES string of the molecule is Cc1ccc(N(C)C(=O)c2cc(-c3ccc(C)s3)nc3onc(C)c23)cc1. The van der Waals surface area contributed by atoms with Crippen molar-refractivity contribution in [1.29, 1.82) is 0 Å². The number of hydrogen-bond acceptors (Lipinski definition) is 5. The van der Waals surface area contributed by atoms with Crippen LogP contribution in [-0.4, -0.2) is 23.1 Å². The third-order valence-corrected chi connectivity index (χ3v) is 5.59. The summed E-state index contributed by atoms with van der Waals surface area (Å²) in [6.07, 6.45) is 0. The molecule has 0 spiro atoms. The summed E-state index contributed by atoms with van der Waals surface area (Å²) in [7, 11) is 1.77. The molecule has 0 saturated heterocycles. The Morgan fingerprint density at radius 1 is 1.07 bits per heavy atom. The molecular weight excluding hydrogens is 358 g/mol. The molecule has 0 saturated carbocycles. The van der Waals surface area contributed by atoms with E-state index in [1.807, 2.05) is 63.2 Å². The van der Waals surface area contributed by atoms with Crippen molar-refractivity contribution in [2.24, 2.45) is 0 Å². The molecule has 0 aliphatic carbocycles. The first-order chi connectivity index (χ1) is 12.9. The number of hydrogen-bond donors (Lipinski definition) is 0. The van der Waals surface area contributed by atoms with Crippen molar-refractivity contribution in [2.75, 3.05) is 11.9 Å². The van der Waals surface area contributed by atoms with E-state index in [1.165, 1.54) is 4.88 Å². The maximum Gasteiger partial charge on any atom is 0.259 e. The van der Waals surface area contributed by atoms with Crippen LogP contribution in [0.2, 0.25) is 0 Å². The van der Waals surface area contributed by atoms with Crippen molar-refractivity contribution in [3.8, 4) is 10.6 Å². The fourth-order valence-corrected chi connectivity index (χ4v) is 3.86. The second-order valence-corrected chi connectivity index (χ2v) is 7.90. The number of pyridine rings is 1. The highest BCUT2D eigenvalue weighted by Gasteiger charge is 2.23. The number of anilines is 1. The van der Waals surface area contributed by atoms with Crippen LogP contribution in [0.5, 0.6) is 0 Å². The number of benzene rings is 1. The van der Waals surface area contributed by atoms with E-state index < -0.39 is 0 Å². The monoisotopic (exact) mass is 377 g/mol. The van der Waals surface area contributed by atoms with Crippen LogP contribution in [0.4, 0.5) is 5.69 Å². The number of carbonyl (C=O) groups excluding carboxylic acids is 1. The molecule has 0 fully saturated rings. The van der Waals surface area contributed by atoms with E-state index in [0.29, 0.717) is 22.4 Å². The van der Waals surface area contributed by atoms with Crippen LogP contribution >= 0.6 is 11.3 Å². The van der Waals surface area contributed by atoms with Gasteiger partial charge in [-0.3, -0.25) is 4.79 Å². The molecule has 0 aliphatic heterocycles. The van der Waals surface area contributed by atoms with Crippen molar-refractivity contribution in [2.45, 2.75) is 20.8 Å². The van der Waals surface area contributed by atoms with Gasteiger partial charge >= 0.3 is 0 Å². The van der Waals surface area contributed by atoms with Gasteiger partial charge in [-0.2, -0.15) is 0 Å². The predicted octanol–water partition coefficient (Wildman–Crippen LogP) is 5.15. The molecule has 0 bridgehead atoms. The van der Waals surface area contributed by atoms with Crippen LogP contribution in [0.15, 0.2) is 47.0 Å². The normalized spacial score (nSPS) is 11.1. The number of aryl methyl sites for hydroxylation is 3. The van der Waals surface area contributed by atoms with E-state index in [-0.39, 0.29) is 5.91 Å². The summed E-state index contributed by atoms with van der Waals surface area (Å²) in [5, 5.41) is 4.68. The minimum Gasteiger partial charge on any atom is -0.335 e. The van der Waals surface area contributed by atoms with Crippen molar-refractivity contribution < 1.29 is 9.32 Å². The Morgan fingerprint density at radius 2 is 1.81 bits per heavy atom. The standard InChI is InChI=1S/C21H19N3O2S/c1-12-5-8-15(9-6-12)24(4)21(25)16-11-17(18-10-7-13(2)27-18)22-20-19(16)14(3)23-26-20/h5-11H,1-4H3. The fourth-order valence-electron chi connectivity index (χ4n) is 3.03. The molecule has 27 heavy (non-hydrogen) atoms. The Balaban J connectivity index is 1.85. The molecule has 4 rings (SSSR count). The van der Waals surface area contributed by atoms with E-state index >= 15 is 0 Å². The highest BCUT2D eigenvalue weighted by Crippen LogP contribution is 2.32. The number of fused-ring (bicyclic) bond motifs is 1. The fraction of sp³-hybridized carbons (Fsp3) is 0.190. The third kappa shape index (κ3) is 3.13. The zero-order valence-corrected chi connectivity index (χ0v) is 16.4. The summed E-state index contributed by atoms with van der Waals surface area (Å²) in [6, 6.07) is 13.8. The molecule has 3 heterocycles. The quantitative estimate of drug-likeness (QED) is 0.495. The van der Waals surface area contributed by atoms with Crippen LogP contribution in [-0.2, 0) is 0 Å². The van der Waals surface area contributed by atoms with Gasteiger partial charge in [-0.15, -0.1) is 11.3 Å². The van der Waals surface area contributed by atoms with Crippen LogP contribution in [0.3, 0.4) is 0 Å². The maximum absolute atomic E-state index is 13.3. The first-order valence-corrected chi connectivity index (χ1v) is 9.44. The first kappa shape index (κ1) is 17.4. The zero-order chi connectivity index (χ0) is 19.1. The average molecular weight is 377 g/mol. The Bertz CT molecular complexity index is 1140. The molecule has 6 heteroatoms. The lowest BCUT2D eigenvalue weighted by molar-refractivity contribution is 0.0994. The van der Waals surface area contributed by atoms with Crippen LogP contribution < -0.4 is 4.90 Å². The number of amides is 1. The molecule has 136 valence electrons. The highest BCUT2D eigenvalue weighted by atomic mass is 32.1.